The van der Waals surface area contributed by atoms with Gasteiger partial charge in [-0.3, -0.25) is 4.79 Å². The molecule has 0 aliphatic heterocycles. The van der Waals surface area contributed by atoms with Gasteiger partial charge in [-0.2, -0.15) is 0 Å². The Morgan fingerprint density at radius 1 is 1.17 bits per heavy atom. The van der Waals surface area contributed by atoms with Gasteiger partial charge in [-0.1, -0.05) is 39.0 Å². The average Bonchev–Trinajstić information content (AvgIpc) is 2.52. The molecule has 128 valence electrons. The smallest absolute Gasteiger partial charge is 0.258 e. The molecule has 0 atom stereocenters. The molecule has 2 rings (SSSR count). The molecule has 0 fully saturated rings. The number of carbonyl (C=O) groups is 1. The average molecular weight is 394 g/mol. The molecular formula is C19H21BrFNO2. The van der Waals surface area contributed by atoms with E-state index in [1.165, 1.54) is 17.7 Å². The topological polar surface area (TPSA) is 38.3 Å². The number of benzene rings is 2. The Balaban J connectivity index is 1.86. The lowest BCUT2D eigenvalue weighted by Crippen LogP contribution is -2.28. The highest BCUT2D eigenvalue weighted by Crippen LogP contribution is 2.31. The lowest BCUT2D eigenvalue weighted by Gasteiger charge is -2.20. The van der Waals surface area contributed by atoms with Crippen LogP contribution >= 0.6 is 15.9 Å². The Morgan fingerprint density at radius 3 is 2.42 bits per heavy atom. The molecule has 1 amide bonds. The van der Waals surface area contributed by atoms with Gasteiger partial charge >= 0.3 is 0 Å². The van der Waals surface area contributed by atoms with Crippen LogP contribution < -0.4 is 10.1 Å². The zero-order chi connectivity index (χ0) is 17.7. The summed E-state index contributed by atoms with van der Waals surface area (Å²) in [5, 5.41) is 2.74. The predicted molar refractivity (Wildman–Crippen MR) is 96.6 cm³/mol. The number of halogens is 2. The monoisotopic (exact) mass is 393 g/mol. The van der Waals surface area contributed by atoms with Crippen LogP contribution in [-0.2, 0) is 16.8 Å². The van der Waals surface area contributed by atoms with E-state index in [0.717, 1.165) is 10.0 Å². The van der Waals surface area contributed by atoms with Crippen molar-refractivity contribution in [2.45, 2.75) is 32.7 Å². The van der Waals surface area contributed by atoms with Crippen LogP contribution in [0.3, 0.4) is 0 Å². The molecule has 1 N–H and O–H groups in total. The van der Waals surface area contributed by atoms with Gasteiger partial charge < -0.3 is 10.1 Å². The van der Waals surface area contributed by atoms with E-state index >= 15 is 0 Å². The third-order valence-electron chi connectivity index (χ3n) is 3.56. The van der Waals surface area contributed by atoms with Gasteiger partial charge in [-0.05, 0) is 56.7 Å². The molecule has 3 nitrogen and oxygen atoms in total. The van der Waals surface area contributed by atoms with E-state index in [1.54, 1.807) is 12.1 Å². The van der Waals surface area contributed by atoms with E-state index in [2.05, 4.69) is 42.0 Å². The Hall–Kier alpha value is -1.88. The van der Waals surface area contributed by atoms with Gasteiger partial charge in [-0.15, -0.1) is 0 Å². The predicted octanol–water partition coefficient (Wildman–Crippen LogP) is 4.58. The van der Waals surface area contributed by atoms with E-state index in [1.807, 2.05) is 18.2 Å². The SMILES string of the molecule is CC(C)(C)c1ccc(OCC(=O)NCc2ccc(F)cc2)c(Br)c1. The van der Waals surface area contributed by atoms with E-state index in [0.29, 0.717) is 12.3 Å². The fraction of sp³-hybridized carbons (Fsp3) is 0.316. The number of carbonyl (C=O) groups excluding carboxylic acids is 1. The number of ether oxygens (including phenoxy) is 1. The zero-order valence-electron chi connectivity index (χ0n) is 14.0. The standard InChI is InChI=1S/C19H21BrFNO2/c1-19(2,3)14-6-9-17(16(20)10-14)24-12-18(23)22-11-13-4-7-15(21)8-5-13/h4-10H,11-12H2,1-3H3,(H,22,23). The lowest BCUT2D eigenvalue weighted by atomic mass is 9.87. The van der Waals surface area contributed by atoms with E-state index in [-0.39, 0.29) is 23.7 Å². The lowest BCUT2D eigenvalue weighted by molar-refractivity contribution is -0.123. The van der Waals surface area contributed by atoms with Crippen LogP contribution in [0.4, 0.5) is 4.39 Å². The first-order valence-corrected chi connectivity index (χ1v) is 8.49. The van der Waals surface area contributed by atoms with Crippen LogP contribution in [0.2, 0.25) is 0 Å². The molecular weight excluding hydrogens is 373 g/mol. The highest BCUT2D eigenvalue weighted by molar-refractivity contribution is 9.10. The molecule has 0 saturated heterocycles. The summed E-state index contributed by atoms with van der Waals surface area (Å²) in [6, 6.07) is 11.9. The maximum atomic E-state index is 12.8. The Bertz CT molecular complexity index is 708. The first kappa shape index (κ1) is 18.5. The molecule has 0 unspecified atom stereocenters. The summed E-state index contributed by atoms with van der Waals surface area (Å²) in [6.07, 6.45) is 0. The normalized spacial score (nSPS) is 11.2. The first-order valence-electron chi connectivity index (χ1n) is 7.69. The molecule has 0 saturated carbocycles. The minimum absolute atomic E-state index is 0.0492. The second-order valence-electron chi connectivity index (χ2n) is 6.59. The number of rotatable bonds is 5. The molecule has 2 aromatic carbocycles. The maximum absolute atomic E-state index is 12.8. The fourth-order valence-electron chi connectivity index (χ4n) is 2.08. The van der Waals surface area contributed by atoms with Gasteiger partial charge in [0, 0.05) is 6.54 Å². The van der Waals surface area contributed by atoms with Crippen molar-refractivity contribution in [3.05, 3.63) is 63.9 Å². The van der Waals surface area contributed by atoms with Crippen molar-refractivity contribution < 1.29 is 13.9 Å². The minimum Gasteiger partial charge on any atom is -0.483 e. The summed E-state index contributed by atoms with van der Waals surface area (Å²) < 4.78 is 19.2. The summed E-state index contributed by atoms with van der Waals surface area (Å²) in [6.45, 7) is 6.68. The van der Waals surface area contributed by atoms with Crippen molar-refractivity contribution in [3.63, 3.8) is 0 Å². The Labute approximate surface area is 150 Å². The summed E-state index contributed by atoms with van der Waals surface area (Å²) in [7, 11) is 0. The molecule has 0 spiro atoms. The second kappa shape index (κ2) is 7.79. The van der Waals surface area contributed by atoms with Crippen LogP contribution in [0.5, 0.6) is 5.75 Å². The quantitative estimate of drug-likeness (QED) is 0.806. The highest BCUT2D eigenvalue weighted by atomic mass is 79.9. The maximum Gasteiger partial charge on any atom is 0.258 e. The molecule has 0 heterocycles. The largest absolute Gasteiger partial charge is 0.483 e. The van der Waals surface area contributed by atoms with Gasteiger partial charge in [-0.25, -0.2) is 4.39 Å². The van der Waals surface area contributed by atoms with E-state index in [9.17, 15) is 9.18 Å². The summed E-state index contributed by atoms with van der Waals surface area (Å²) in [5.74, 6) is 0.100. The van der Waals surface area contributed by atoms with Crippen LogP contribution in [0.25, 0.3) is 0 Å². The van der Waals surface area contributed by atoms with Gasteiger partial charge in [0.1, 0.15) is 11.6 Å². The van der Waals surface area contributed by atoms with Crippen LogP contribution in [0, 0.1) is 5.82 Å². The number of nitrogens with one attached hydrogen (secondary N) is 1. The van der Waals surface area contributed by atoms with Crippen molar-refractivity contribution in [2.24, 2.45) is 0 Å². The number of hydrogen-bond donors (Lipinski definition) is 1. The van der Waals surface area contributed by atoms with Crippen molar-refractivity contribution in [3.8, 4) is 5.75 Å². The van der Waals surface area contributed by atoms with Crippen molar-refractivity contribution in [1.82, 2.24) is 5.32 Å². The molecule has 0 bridgehead atoms. The summed E-state index contributed by atoms with van der Waals surface area (Å²) in [5.41, 5.74) is 2.07. The van der Waals surface area contributed by atoms with Crippen LogP contribution in [0.15, 0.2) is 46.9 Å². The molecule has 0 aromatic heterocycles. The first-order chi connectivity index (χ1) is 11.3. The van der Waals surface area contributed by atoms with Crippen molar-refractivity contribution >= 4 is 21.8 Å². The highest BCUT2D eigenvalue weighted by Gasteiger charge is 2.15. The molecule has 0 aliphatic carbocycles. The van der Waals surface area contributed by atoms with Crippen LogP contribution in [-0.4, -0.2) is 12.5 Å². The number of hydrogen-bond acceptors (Lipinski definition) is 2. The van der Waals surface area contributed by atoms with Crippen molar-refractivity contribution in [1.29, 1.82) is 0 Å². The molecule has 0 aliphatic rings. The third kappa shape index (κ3) is 5.34. The van der Waals surface area contributed by atoms with E-state index < -0.39 is 0 Å². The van der Waals surface area contributed by atoms with Gasteiger partial charge in [0.25, 0.3) is 5.91 Å². The Kier molecular flexibility index (Phi) is 5.99. The molecule has 2 aromatic rings. The second-order valence-corrected chi connectivity index (χ2v) is 7.44. The fourth-order valence-corrected chi connectivity index (χ4v) is 2.57. The van der Waals surface area contributed by atoms with Crippen molar-refractivity contribution in [2.75, 3.05) is 6.61 Å². The Morgan fingerprint density at radius 2 is 1.83 bits per heavy atom. The van der Waals surface area contributed by atoms with Gasteiger partial charge in [0.2, 0.25) is 0 Å². The zero-order valence-corrected chi connectivity index (χ0v) is 15.6. The van der Waals surface area contributed by atoms with Crippen LogP contribution in [0.1, 0.15) is 31.9 Å². The molecule has 24 heavy (non-hydrogen) atoms. The van der Waals surface area contributed by atoms with E-state index in [4.69, 9.17) is 4.74 Å². The third-order valence-corrected chi connectivity index (χ3v) is 4.18. The minimum atomic E-state index is -0.294. The molecule has 0 radical (unpaired) electrons. The number of amides is 1. The summed E-state index contributed by atoms with van der Waals surface area (Å²) >= 11 is 3.48. The van der Waals surface area contributed by atoms with Gasteiger partial charge in [0.15, 0.2) is 6.61 Å². The van der Waals surface area contributed by atoms with Gasteiger partial charge in [0.05, 0.1) is 4.47 Å². The summed E-state index contributed by atoms with van der Waals surface area (Å²) in [4.78, 5) is 11.9. The molecule has 5 heteroatoms.